The Morgan fingerprint density at radius 2 is 1.76 bits per heavy atom. The van der Waals surface area contributed by atoms with E-state index in [4.69, 9.17) is 0 Å². The van der Waals surface area contributed by atoms with E-state index in [9.17, 15) is 13.2 Å². The molecule has 3 nitrogen and oxygen atoms in total. The zero-order valence-corrected chi connectivity index (χ0v) is 10.1. The SMILES string of the molecule is CN(C)CCN(C)c1cccc(C(F)(F)F)n1. The first-order valence-corrected chi connectivity index (χ1v) is 5.21. The van der Waals surface area contributed by atoms with Crippen LogP contribution in [-0.2, 0) is 6.18 Å². The zero-order valence-electron chi connectivity index (χ0n) is 10.1. The Morgan fingerprint density at radius 3 is 2.29 bits per heavy atom. The van der Waals surface area contributed by atoms with E-state index >= 15 is 0 Å². The molecule has 0 aliphatic heterocycles. The first-order chi connectivity index (χ1) is 7.80. The number of alkyl halides is 3. The van der Waals surface area contributed by atoms with Gasteiger partial charge in [0.25, 0.3) is 0 Å². The van der Waals surface area contributed by atoms with Crippen molar-refractivity contribution in [1.29, 1.82) is 0 Å². The lowest BCUT2D eigenvalue weighted by Gasteiger charge is -2.21. The Balaban J connectivity index is 2.77. The van der Waals surface area contributed by atoms with Gasteiger partial charge in [0.05, 0.1) is 0 Å². The summed E-state index contributed by atoms with van der Waals surface area (Å²) in [4.78, 5) is 7.27. The average molecular weight is 247 g/mol. The van der Waals surface area contributed by atoms with Gasteiger partial charge in [-0.1, -0.05) is 6.07 Å². The molecule has 0 bridgehead atoms. The Bertz CT molecular complexity index is 363. The van der Waals surface area contributed by atoms with Crippen molar-refractivity contribution >= 4 is 5.82 Å². The fourth-order valence-corrected chi connectivity index (χ4v) is 1.26. The second-order valence-electron chi connectivity index (χ2n) is 4.10. The molecule has 0 atom stereocenters. The third-order valence-corrected chi connectivity index (χ3v) is 2.30. The monoisotopic (exact) mass is 247 g/mol. The molecule has 0 saturated heterocycles. The number of anilines is 1. The lowest BCUT2D eigenvalue weighted by atomic mass is 10.3. The molecule has 0 amide bonds. The van der Waals surface area contributed by atoms with Crippen molar-refractivity contribution in [3.8, 4) is 0 Å². The van der Waals surface area contributed by atoms with Crippen LogP contribution in [0.4, 0.5) is 19.0 Å². The quantitative estimate of drug-likeness (QED) is 0.812. The van der Waals surface area contributed by atoms with Crippen LogP contribution in [0.15, 0.2) is 18.2 Å². The standard InChI is InChI=1S/C11H16F3N3/c1-16(2)7-8-17(3)10-6-4-5-9(15-10)11(12,13)14/h4-6H,7-8H2,1-3H3. The van der Waals surface area contributed by atoms with Crippen molar-refractivity contribution in [2.45, 2.75) is 6.18 Å². The lowest BCUT2D eigenvalue weighted by Crippen LogP contribution is -2.29. The predicted octanol–water partition coefficient (Wildman–Crippen LogP) is 2.10. The topological polar surface area (TPSA) is 19.4 Å². The van der Waals surface area contributed by atoms with Gasteiger partial charge in [-0.05, 0) is 26.2 Å². The predicted molar refractivity (Wildman–Crippen MR) is 61.1 cm³/mol. The summed E-state index contributed by atoms with van der Waals surface area (Å²) < 4.78 is 37.4. The molecule has 0 aliphatic rings. The van der Waals surface area contributed by atoms with Crippen LogP contribution in [0, 0.1) is 0 Å². The molecule has 1 aromatic rings. The van der Waals surface area contributed by atoms with Crippen molar-refractivity contribution in [1.82, 2.24) is 9.88 Å². The molecule has 1 aromatic heterocycles. The maximum absolute atomic E-state index is 12.5. The van der Waals surface area contributed by atoms with Crippen molar-refractivity contribution < 1.29 is 13.2 Å². The average Bonchev–Trinajstić information content (AvgIpc) is 2.25. The molecule has 0 unspecified atom stereocenters. The molecule has 17 heavy (non-hydrogen) atoms. The third kappa shape index (κ3) is 4.22. The van der Waals surface area contributed by atoms with Crippen LogP contribution in [0.2, 0.25) is 0 Å². The van der Waals surface area contributed by atoms with Crippen molar-refractivity contribution in [2.24, 2.45) is 0 Å². The van der Waals surface area contributed by atoms with E-state index in [1.807, 2.05) is 19.0 Å². The van der Waals surface area contributed by atoms with Gasteiger partial charge in [-0.15, -0.1) is 0 Å². The number of hydrogen-bond donors (Lipinski definition) is 0. The highest BCUT2D eigenvalue weighted by atomic mass is 19.4. The second-order valence-corrected chi connectivity index (χ2v) is 4.10. The molecule has 0 spiro atoms. The smallest absolute Gasteiger partial charge is 0.358 e. The van der Waals surface area contributed by atoms with Crippen molar-refractivity contribution in [3.63, 3.8) is 0 Å². The van der Waals surface area contributed by atoms with Crippen LogP contribution in [0.5, 0.6) is 0 Å². The fourth-order valence-electron chi connectivity index (χ4n) is 1.26. The Morgan fingerprint density at radius 1 is 1.12 bits per heavy atom. The highest BCUT2D eigenvalue weighted by molar-refractivity contribution is 5.38. The highest BCUT2D eigenvalue weighted by Crippen LogP contribution is 2.28. The minimum Gasteiger partial charge on any atom is -0.358 e. The van der Waals surface area contributed by atoms with E-state index in [0.29, 0.717) is 12.4 Å². The molecule has 0 N–H and O–H groups in total. The van der Waals surface area contributed by atoms with Gasteiger partial charge in [-0.2, -0.15) is 13.2 Å². The van der Waals surface area contributed by atoms with Crippen LogP contribution >= 0.6 is 0 Å². The first-order valence-electron chi connectivity index (χ1n) is 5.21. The van der Waals surface area contributed by atoms with Gasteiger partial charge in [0, 0.05) is 20.1 Å². The number of halogens is 3. The van der Waals surface area contributed by atoms with Gasteiger partial charge in [0.15, 0.2) is 0 Å². The van der Waals surface area contributed by atoms with E-state index in [-0.39, 0.29) is 0 Å². The zero-order chi connectivity index (χ0) is 13.1. The van der Waals surface area contributed by atoms with Crippen LogP contribution in [0.25, 0.3) is 0 Å². The fraction of sp³-hybridized carbons (Fsp3) is 0.545. The molecule has 0 aliphatic carbocycles. The van der Waals surface area contributed by atoms with Crippen LogP contribution in [-0.4, -0.2) is 44.1 Å². The van der Waals surface area contributed by atoms with E-state index in [2.05, 4.69) is 4.98 Å². The largest absolute Gasteiger partial charge is 0.433 e. The van der Waals surface area contributed by atoms with Crippen LogP contribution < -0.4 is 4.90 Å². The minimum atomic E-state index is -4.39. The number of rotatable bonds is 4. The number of hydrogen-bond acceptors (Lipinski definition) is 3. The normalized spacial score (nSPS) is 11.9. The van der Waals surface area contributed by atoms with Gasteiger partial charge in [-0.3, -0.25) is 0 Å². The minimum absolute atomic E-state index is 0.335. The summed E-state index contributed by atoms with van der Waals surface area (Å²) in [6, 6.07) is 3.92. The van der Waals surface area contributed by atoms with Gasteiger partial charge in [-0.25, -0.2) is 4.98 Å². The maximum atomic E-state index is 12.5. The summed E-state index contributed by atoms with van der Waals surface area (Å²) in [5.74, 6) is 0.335. The third-order valence-electron chi connectivity index (χ3n) is 2.30. The summed E-state index contributed by atoms with van der Waals surface area (Å²) in [7, 11) is 5.55. The number of likely N-dealkylation sites (N-methyl/N-ethyl adjacent to an activating group) is 2. The van der Waals surface area contributed by atoms with E-state index in [1.54, 1.807) is 18.0 Å². The van der Waals surface area contributed by atoms with Crippen LogP contribution in [0.3, 0.4) is 0 Å². The molecule has 1 heterocycles. The summed E-state index contributed by atoms with van der Waals surface area (Å²) in [6.45, 7) is 1.38. The summed E-state index contributed by atoms with van der Waals surface area (Å²) >= 11 is 0. The van der Waals surface area contributed by atoms with Gasteiger partial charge in [0.1, 0.15) is 11.5 Å². The Hall–Kier alpha value is -1.30. The summed E-state index contributed by atoms with van der Waals surface area (Å²) in [5, 5.41) is 0. The van der Waals surface area contributed by atoms with E-state index in [1.165, 1.54) is 6.07 Å². The van der Waals surface area contributed by atoms with Crippen molar-refractivity contribution in [2.75, 3.05) is 39.1 Å². The molecule has 0 aromatic carbocycles. The molecule has 1 rings (SSSR count). The molecule has 0 fully saturated rings. The van der Waals surface area contributed by atoms with E-state index in [0.717, 1.165) is 12.6 Å². The lowest BCUT2D eigenvalue weighted by molar-refractivity contribution is -0.141. The van der Waals surface area contributed by atoms with Gasteiger partial charge in [0.2, 0.25) is 0 Å². The molecule has 96 valence electrons. The first kappa shape index (κ1) is 13.8. The van der Waals surface area contributed by atoms with Gasteiger partial charge < -0.3 is 9.80 Å². The van der Waals surface area contributed by atoms with Crippen LogP contribution in [0.1, 0.15) is 5.69 Å². The highest BCUT2D eigenvalue weighted by Gasteiger charge is 2.32. The summed E-state index contributed by atoms with van der Waals surface area (Å²) in [6.07, 6.45) is -4.39. The second kappa shape index (κ2) is 5.35. The Labute approximate surface area is 98.9 Å². The number of nitrogens with zero attached hydrogens (tertiary/aromatic N) is 3. The number of aromatic nitrogens is 1. The molecule has 6 heteroatoms. The molecular formula is C11H16F3N3. The van der Waals surface area contributed by atoms with Gasteiger partial charge >= 0.3 is 6.18 Å². The molecular weight excluding hydrogens is 231 g/mol. The Kier molecular flexibility index (Phi) is 4.34. The molecule has 0 radical (unpaired) electrons. The molecule has 0 saturated carbocycles. The summed E-state index contributed by atoms with van der Waals surface area (Å²) in [5.41, 5.74) is -0.855. The van der Waals surface area contributed by atoms with Crippen molar-refractivity contribution in [3.05, 3.63) is 23.9 Å². The maximum Gasteiger partial charge on any atom is 0.433 e. The number of pyridine rings is 1. The van der Waals surface area contributed by atoms with E-state index < -0.39 is 11.9 Å².